The Morgan fingerprint density at radius 3 is 2.48 bits per heavy atom. The van der Waals surface area contributed by atoms with Gasteiger partial charge in [0.2, 0.25) is 5.91 Å². The summed E-state index contributed by atoms with van der Waals surface area (Å²) in [7, 11) is 1.75. The molecule has 1 heterocycles. The average Bonchev–Trinajstić information content (AvgIpc) is 2.90. The molecule has 0 spiro atoms. The van der Waals surface area contributed by atoms with Crippen LogP contribution in [-0.2, 0) is 11.3 Å². The fourth-order valence-corrected chi connectivity index (χ4v) is 2.43. The van der Waals surface area contributed by atoms with Crippen molar-refractivity contribution in [3.63, 3.8) is 0 Å². The Bertz CT molecular complexity index is 546. The normalized spacial score (nSPS) is 11.0. The minimum atomic E-state index is -0.620. The van der Waals surface area contributed by atoms with E-state index in [-0.39, 0.29) is 30.7 Å². The summed E-state index contributed by atoms with van der Waals surface area (Å²) in [5.41, 5.74) is 8.00. The lowest BCUT2D eigenvalue weighted by Crippen LogP contribution is -2.35. The number of likely N-dealkylation sites (N-methyl/N-ethyl adjacent to an activating group) is 1. The van der Waals surface area contributed by atoms with E-state index in [0.29, 0.717) is 6.54 Å². The fourth-order valence-electron chi connectivity index (χ4n) is 1.77. The Hall–Kier alpha value is -1.14. The number of thiazole rings is 1. The van der Waals surface area contributed by atoms with Crippen LogP contribution in [0.25, 0.3) is 0 Å². The van der Waals surface area contributed by atoms with Crippen LogP contribution in [0.15, 0.2) is 35.8 Å². The third kappa shape index (κ3) is 5.28. The number of nitrogens with zero attached hydrogens (tertiary/aromatic N) is 2. The minimum absolute atomic E-state index is 0. The van der Waals surface area contributed by atoms with E-state index < -0.39 is 6.04 Å². The van der Waals surface area contributed by atoms with E-state index in [2.05, 4.69) is 4.98 Å². The second kappa shape index (κ2) is 9.00. The maximum absolute atomic E-state index is 12.2. The second-order valence-corrected chi connectivity index (χ2v) is 5.49. The highest BCUT2D eigenvalue weighted by Crippen LogP contribution is 2.15. The monoisotopic (exact) mass is 347 g/mol. The highest BCUT2D eigenvalue weighted by atomic mass is 35.5. The van der Waals surface area contributed by atoms with Crippen LogP contribution in [-0.4, -0.2) is 22.8 Å². The molecular formula is C14H19Cl2N3OS. The molecule has 7 heteroatoms. The molecule has 1 amide bonds. The standard InChI is InChI=1S/C14H17N3OS.2ClH/c1-10-3-5-11(6-4-10)13(15)14(18)17(2)9-12-16-7-8-19-12;;/h3-8,13H,9,15H2,1-2H3;2*1H. The predicted octanol–water partition coefficient (Wildman–Crippen LogP) is 2.95. The number of aryl methyl sites for hydroxylation is 1. The summed E-state index contributed by atoms with van der Waals surface area (Å²) in [6, 6.07) is 7.10. The molecule has 0 saturated heterocycles. The molecule has 0 aliphatic heterocycles. The molecule has 0 fully saturated rings. The Kier molecular flexibility index (Phi) is 8.51. The first kappa shape index (κ1) is 19.9. The Morgan fingerprint density at radius 2 is 1.95 bits per heavy atom. The number of amides is 1. The molecule has 0 saturated carbocycles. The smallest absolute Gasteiger partial charge is 0.244 e. The molecule has 0 bridgehead atoms. The lowest BCUT2D eigenvalue weighted by molar-refractivity contribution is -0.131. The van der Waals surface area contributed by atoms with Crippen molar-refractivity contribution in [2.45, 2.75) is 19.5 Å². The van der Waals surface area contributed by atoms with E-state index >= 15 is 0 Å². The van der Waals surface area contributed by atoms with Gasteiger partial charge in [-0.3, -0.25) is 4.79 Å². The van der Waals surface area contributed by atoms with Gasteiger partial charge in [-0.2, -0.15) is 0 Å². The number of aromatic nitrogens is 1. The molecule has 2 rings (SSSR count). The van der Waals surface area contributed by atoms with Gasteiger partial charge >= 0.3 is 0 Å². The molecule has 2 N–H and O–H groups in total. The summed E-state index contributed by atoms with van der Waals surface area (Å²) < 4.78 is 0. The molecule has 0 aliphatic carbocycles. The molecule has 0 radical (unpaired) electrons. The summed E-state index contributed by atoms with van der Waals surface area (Å²) >= 11 is 1.53. The maximum atomic E-state index is 12.2. The van der Waals surface area contributed by atoms with Gasteiger partial charge in [-0.1, -0.05) is 29.8 Å². The van der Waals surface area contributed by atoms with Gasteiger partial charge in [0.05, 0.1) is 6.54 Å². The molecular weight excluding hydrogens is 329 g/mol. The van der Waals surface area contributed by atoms with Crippen molar-refractivity contribution < 1.29 is 4.79 Å². The van der Waals surface area contributed by atoms with E-state index in [1.54, 1.807) is 18.1 Å². The Balaban J connectivity index is 0.00000200. The van der Waals surface area contributed by atoms with E-state index in [1.165, 1.54) is 11.3 Å². The molecule has 0 aliphatic rings. The van der Waals surface area contributed by atoms with Gasteiger partial charge in [0, 0.05) is 18.6 Å². The van der Waals surface area contributed by atoms with Crippen LogP contribution >= 0.6 is 36.2 Å². The number of rotatable bonds is 4. The molecule has 1 atom stereocenters. The van der Waals surface area contributed by atoms with Crippen LogP contribution in [0.5, 0.6) is 0 Å². The van der Waals surface area contributed by atoms with Crippen molar-refractivity contribution in [2.24, 2.45) is 5.73 Å². The van der Waals surface area contributed by atoms with Gasteiger partial charge in [0.25, 0.3) is 0 Å². The molecule has 2 aromatic rings. The highest BCUT2D eigenvalue weighted by Gasteiger charge is 2.20. The number of carbonyl (C=O) groups excluding carboxylic acids is 1. The highest BCUT2D eigenvalue weighted by molar-refractivity contribution is 7.09. The van der Waals surface area contributed by atoms with E-state index in [9.17, 15) is 4.79 Å². The quantitative estimate of drug-likeness (QED) is 0.924. The molecule has 116 valence electrons. The summed E-state index contributed by atoms with van der Waals surface area (Å²) in [4.78, 5) is 18.0. The van der Waals surface area contributed by atoms with Crippen molar-refractivity contribution in [3.8, 4) is 0 Å². The number of benzene rings is 1. The number of hydrogen-bond donors (Lipinski definition) is 1. The topological polar surface area (TPSA) is 59.2 Å². The van der Waals surface area contributed by atoms with Crippen LogP contribution in [0.2, 0.25) is 0 Å². The van der Waals surface area contributed by atoms with Crippen LogP contribution in [0.3, 0.4) is 0 Å². The van der Waals surface area contributed by atoms with Gasteiger partial charge < -0.3 is 10.6 Å². The maximum Gasteiger partial charge on any atom is 0.244 e. The van der Waals surface area contributed by atoms with Gasteiger partial charge in [0.15, 0.2) is 0 Å². The van der Waals surface area contributed by atoms with Gasteiger partial charge in [-0.25, -0.2) is 4.98 Å². The Labute approximate surface area is 141 Å². The van der Waals surface area contributed by atoms with Crippen LogP contribution < -0.4 is 5.73 Å². The lowest BCUT2D eigenvalue weighted by atomic mass is 10.1. The summed E-state index contributed by atoms with van der Waals surface area (Å²) in [5, 5.41) is 2.81. The molecule has 21 heavy (non-hydrogen) atoms. The zero-order chi connectivity index (χ0) is 13.8. The summed E-state index contributed by atoms with van der Waals surface area (Å²) in [6.45, 7) is 2.50. The number of carbonyl (C=O) groups is 1. The SMILES string of the molecule is Cc1ccc(C(N)C(=O)N(C)Cc2nccs2)cc1.Cl.Cl. The average molecular weight is 348 g/mol. The predicted molar refractivity (Wildman–Crippen MR) is 91.2 cm³/mol. The van der Waals surface area contributed by atoms with E-state index in [1.807, 2.05) is 36.6 Å². The number of nitrogens with two attached hydrogens (primary N) is 1. The minimum Gasteiger partial charge on any atom is -0.337 e. The number of hydrogen-bond acceptors (Lipinski definition) is 4. The van der Waals surface area contributed by atoms with Crippen molar-refractivity contribution in [1.29, 1.82) is 0 Å². The van der Waals surface area contributed by atoms with Crippen LogP contribution in [0.4, 0.5) is 0 Å². The van der Waals surface area contributed by atoms with Crippen molar-refractivity contribution in [1.82, 2.24) is 9.88 Å². The largest absolute Gasteiger partial charge is 0.337 e. The van der Waals surface area contributed by atoms with Crippen LogP contribution in [0.1, 0.15) is 22.2 Å². The molecule has 4 nitrogen and oxygen atoms in total. The van der Waals surface area contributed by atoms with E-state index in [4.69, 9.17) is 5.73 Å². The zero-order valence-electron chi connectivity index (χ0n) is 11.9. The summed E-state index contributed by atoms with van der Waals surface area (Å²) in [6.07, 6.45) is 1.73. The number of halogens is 2. The molecule has 1 aromatic carbocycles. The van der Waals surface area contributed by atoms with Gasteiger partial charge in [-0.05, 0) is 12.5 Å². The van der Waals surface area contributed by atoms with Crippen molar-refractivity contribution >= 4 is 42.1 Å². The third-order valence-electron chi connectivity index (χ3n) is 2.93. The van der Waals surface area contributed by atoms with Gasteiger partial charge in [-0.15, -0.1) is 36.2 Å². The lowest BCUT2D eigenvalue weighted by Gasteiger charge is -2.20. The first-order chi connectivity index (χ1) is 9.08. The third-order valence-corrected chi connectivity index (χ3v) is 3.70. The first-order valence-corrected chi connectivity index (χ1v) is 6.91. The van der Waals surface area contributed by atoms with Crippen molar-refractivity contribution in [3.05, 3.63) is 52.0 Å². The first-order valence-electron chi connectivity index (χ1n) is 6.03. The Morgan fingerprint density at radius 1 is 1.33 bits per heavy atom. The van der Waals surface area contributed by atoms with E-state index in [0.717, 1.165) is 16.1 Å². The summed E-state index contributed by atoms with van der Waals surface area (Å²) in [5.74, 6) is -0.0981. The zero-order valence-corrected chi connectivity index (χ0v) is 14.3. The molecule has 1 aromatic heterocycles. The molecule has 1 unspecified atom stereocenters. The second-order valence-electron chi connectivity index (χ2n) is 4.51. The van der Waals surface area contributed by atoms with Crippen molar-refractivity contribution in [2.75, 3.05) is 7.05 Å². The van der Waals surface area contributed by atoms with Crippen LogP contribution in [0, 0.1) is 6.92 Å². The van der Waals surface area contributed by atoms with Gasteiger partial charge in [0.1, 0.15) is 11.0 Å². The fraction of sp³-hybridized carbons (Fsp3) is 0.286.